The van der Waals surface area contributed by atoms with Crippen molar-refractivity contribution < 1.29 is 0 Å². The summed E-state index contributed by atoms with van der Waals surface area (Å²) in [7, 11) is 5.90. The molecule has 1 aromatic rings. The number of guanidine groups is 1. The van der Waals surface area contributed by atoms with Crippen molar-refractivity contribution in [1.82, 2.24) is 10.2 Å². The maximum Gasteiger partial charge on any atom is 0.199 e. The van der Waals surface area contributed by atoms with Gasteiger partial charge >= 0.3 is 0 Å². The van der Waals surface area contributed by atoms with Crippen LogP contribution in [0.3, 0.4) is 0 Å². The van der Waals surface area contributed by atoms with E-state index in [-0.39, 0.29) is 0 Å². The van der Waals surface area contributed by atoms with Gasteiger partial charge in [-0.2, -0.15) is 0 Å². The normalized spacial score (nSPS) is 21.6. The molecule has 0 aliphatic carbocycles. The second-order valence-corrected chi connectivity index (χ2v) is 4.47. The van der Waals surface area contributed by atoms with Gasteiger partial charge in [-0.25, -0.2) is 0 Å². The van der Waals surface area contributed by atoms with E-state index < -0.39 is 0 Å². The standard InChI is InChI=1S/C14H20N4/c1-11-10-13(16-14(15-2)17(11)3)18(4)12-8-6-5-7-9-12/h5-11H,1-4H3,(H,15,16). The first kappa shape index (κ1) is 12.5. The van der Waals surface area contributed by atoms with E-state index in [0.717, 1.165) is 17.5 Å². The van der Waals surface area contributed by atoms with Crippen LogP contribution in [0.25, 0.3) is 0 Å². The van der Waals surface area contributed by atoms with Crippen LogP contribution < -0.4 is 10.2 Å². The average Bonchev–Trinajstić information content (AvgIpc) is 2.42. The summed E-state index contributed by atoms with van der Waals surface area (Å²) in [5.41, 5.74) is 1.16. The Balaban J connectivity index is 2.26. The van der Waals surface area contributed by atoms with Crippen LogP contribution in [0.15, 0.2) is 47.2 Å². The molecule has 0 spiro atoms. The number of likely N-dealkylation sites (N-methyl/N-ethyl adjacent to an activating group) is 1. The van der Waals surface area contributed by atoms with Crippen molar-refractivity contribution in [2.24, 2.45) is 4.99 Å². The van der Waals surface area contributed by atoms with Crippen LogP contribution in [-0.2, 0) is 0 Å². The number of nitrogens with one attached hydrogen (secondary N) is 1. The van der Waals surface area contributed by atoms with Crippen molar-refractivity contribution in [2.75, 3.05) is 26.0 Å². The third-order valence-electron chi connectivity index (χ3n) is 3.30. The number of benzene rings is 1. The number of anilines is 1. The van der Waals surface area contributed by atoms with E-state index in [4.69, 9.17) is 0 Å². The molecule has 0 saturated carbocycles. The average molecular weight is 244 g/mol. The zero-order chi connectivity index (χ0) is 13.1. The van der Waals surface area contributed by atoms with Gasteiger partial charge in [0.15, 0.2) is 5.96 Å². The molecule has 1 atom stereocenters. The van der Waals surface area contributed by atoms with Gasteiger partial charge in [-0.1, -0.05) is 18.2 Å². The highest BCUT2D eigenvalue weighted by molar-refractivity contribution is 5.83. The molecule has 0 amide bonds. The van der Waals surface area contributed by atoms with Gasteiger partial charge in [0.25, 0.3) is 0 Å². The number of rotatable bonds is 2. The molecule has 2 rings (SSSR count). The van der Waals surface area contributed by atoms with Crippen LogP contribution in [-0.4, -0.2) is 38.0 Å². The highest BCUT2D eigenvalue weighted by Crippen LogP contribution is 2.18. The molecular weight excluding hydrogens is 224 g/mol. The Morgan fingerprint density at radius 3 is 2.56 bits per heavy atom. The Bertz CT molecular complexity index is 464. The third kappa shape index (κ3) is 2.32. The first-order valence-electron chi connectivity index (χ1n) is 6.10. The zero-order valence-electron chi connectivity index (χ0n) is 11.4. The minimum Gasteiger partial charge on any atom is -0.339 e. The van der Waals surface area contributed by atoms with Gasteiger partial charge in [-0.05, 0) is 25.1 Å². The number of hydrogen-bond acceptors (Lipinski definition) is 2. The fourth-order valence-corrected chi connectivity index (χ4v) is 1.98. The summed E-state index contributed by atoms with van der Waals surface area (Å²) in [6.45, 7) is 2.16. The Labute approximate surface area is 109 Å². The molecular formula is C14H20N4. The number of hydrogen-bond donors (Lipinski definition) is 1. The predicted octanol–water partition coefficient (Wildman–Crippen LogP) is 1.87. The Kier molecular flexibility index (Phi) is 3.55. The summed E-state index contributed by atoms with van der Waals surface area (Å²) in [6.07, 6.45) is 2.20. The molecule has 96 valence electrons. The first-order chi connectivity index (χ1) is 8.63. The second-order valence-electron chi connectivity index (χ2n) is 4.47. The maximum atomic E-state index is 4.27. The second kappa shape index (κ2) is 5.12. The molecule has 18 heavy (non-hydrogen) atoms. The van der Waals surface area contributed by atoms with Gasteiger partial charge in [-0.15, -0.1) is 0 Å². The number of para-hydroxylation sites is 1. The third-order valence-corrected chi connectivity index (χ3v) is 3.30. The van der Waals surface area contributed by atoms with Gasteiger partial charge in [-0.3, -0.25) is 4.99 Å². The monoisotopic (exact) mass is 244 g/mol. The van der Waals surface area contributed by atoms with Gasteiger partial charge in [0.2, 0.25) is 0 Å². The molecule has 0 fully saturated rings. The number of nitrogens with zero attached hydrogens (tertiary/aromatic N) is 3. The molecule has 0 saturated heterocycles. The maximum absolute atomic E-state index is 4.27. The quantitative estimate of drug-likeness (QED) is 0.861. The van der Waals surface area contributed by atoms with Crippen LogP contribution in [0.4, 0.5) is 5.69 Å². The Morgan fingerprint density at radius 1 is 1.28 bits per heavy atom. The van der Waals surface area contributed by atoms with Crippen molar-refractivity contribution in [1.29, 1.82) is 0 Å². The summed E-state index contributed by atoms with van der Waals surface area (Å²) in [4.78, 5) is 8.52. The highest BCUT2D eigenvalue weighted by Gasteiger charge is 2.21. The van der Waals surface area contributed by atoms with Crippen molar-refractivity contribution in [3.05, 3.63) is 42.2 Å². The van der Waals surface area contributed by atoms with Crippen LogP contribution in [0.5, 0.6) is 0 Å². The molecule has 1 unspecified atom stereocenters. The smallest absolute Gasteiger partial charge is 0.199 e. The summed E-state index contributed by atoms with van der Waals surface area (Å²) in [5.74, 6) is 1.95. The van der Waals surface area contributed by atoms with E-state index in [1.165, 1.54) is 0 Å². The Hall–Kier alpha value is -1.97. The largest absolute Gasteiger partial charge is 0.339 e. The highest BCUT2D eigenvalue weighted by atomic mass is 15.4. The van der Waals surface area contributed by atoms with Crippen molar-refractivity contribution in [2.45, 2.75) is 13.0 Å². The molecule has 0 aromatic heterocycles. The molecule has 1 aromatic carbocycles. The first-order valence-corrected chi connectivity index (χ1v) is 6.10. The molecule has 1 aliphatic heterocycles. The summed E-state index contributed by atoms with van der Waals surface area (Å²) < 4.78 is 0. The SMILES string of the molecule is CN=C1NC(N(C)c2ccccc2)=CC(C)N1C. The van der Waals surface area contributed by atoms with E-state index in [0.29, 0.717) is 6.04 Å². The van der Waals surface area contributed by atoms with Gasteiger partial charge in [0, 0.05) is 26.8 Å². The molecule has 4 nitrogen and oxygen atoms in total. The summed E-state index contributed by atoms with van der Waals surface area (Å²) in [6, 6.07) is 10.6. The lowest BCUT2D eigenvalue weighted by molar-refractivity contribution is 0.421. The van der Waals surface area contributed by atoms with Gasteiger partial charge in [0.05, 0.1) is 6.04 Å². The zero-order valence-corrected chi connectivity index (χ0v) is 11.4. The predicted molar refractivity (Wildman–Crippen MR) is 76.6 cm³/mol. The van der Waals surface area contributed by atoms with Crippen LogP contribution >= 0.6 is 0 Å². The fraction of sp³-hybridized carbons (Fsp3) is 0.357. The van der Waals surface area contributed by atoms with Gasteiger partial charge < -0.3 is 15.1 Å². The van der Waals surface area contributed by atoms with E-state index in [1.807, 2.05) is 25.2 Å². The minimum atomic E-state index is 0.325. The molecule has 1 N–H and O–H groups in total. The van der Waals surface area contributed by atoms with Crippen molar-refractivity contribution >= 4 is 11.6 Å². The van der Waals surface area contributed by atoms with Crippen LogP contribution in [0.2, 0.25) is 0 Å². The van der Waals surface area contributed by atoms with E-state index in [9.17, 15) is 0 Å². The lowest BCUT2D eigenvalue weighted by atomic mass is 10.2. The minimum absolute atomic E-state index is 0.325. The van der Waals surface area contributed by atoms with Crippen molar-refractivity contribution in [3.63, 3.8) is 0 Å². The van der Waals surface area contributed by atoms with E-state index in [2.05, 4.69) is 52.3 Å². The molecule has 1 aliphatic rings. The van der Waals surface area contributed by atoms with Gasteiger partial charge in [0.1, 0.15) is 5.82 Å². The molecule has 4 heteroatoms. The van der Waals surface area contributed by atoms with E-state index in [1.54, 1.807) is 7.05 Å². The van der Waals surface area contributed by atoms with Crippen molar-refractivity contribution in [3.8, 4) is 0 Å². The lowest BCUT2D eigenvalue weighted by Gasteiger charge is -2.35. The summed E-state index contributed by atoms with van der Waals surface area (Å²) >= 11 is 0. The van der Waals surface area contributed by atoms with E-state index >= 15 is 0 Å². The van der Waals surface area contributed by atoms with Crippen LogP contribution in [0.1, 0.15) is 6.92 Å². The molecule has 0 radical (unpaired) electrons. The lowest BCUT2D eigenvalue weighted by Crippen LogP contribution is -2.50. The topological polar surface area (TPSA) is 30.9 Å². The molecule has 1 heterocycles. The van der Waals surface area contributed by atoms with Crippen LogP contribution in [0, 0.1) is 0 Å². The summed E-state index contributed by atoms with van der Waals surface area (Å²) in [5, 5.41) is 3.34. The fourth-order valence-electron chi connectivity index (χ4n) is 1.98. The Morgan fingerprint density at radius 2 is 1.94 bits per heavy atom. The molecule has 0 bridgehead atoms. The number of aliphatic imine (C=N–C) groups is 1.